The number of hydrogen-bond acceptors (Lipinski definition) is 10. The van der Waals surface area contributed by atoms with Gasteiger partial charge in [0.25, 0.3) is 11.5 Å². The molecule has 0 bridgehead atoms. The van der Waals surface area contributed by atoms with Crippen molar-refractivity contribution in [3.05, 3.63) is 89.8 Å². The summed E-state index contributed by atoms with van der Waals surface area (Å²) in [6, 6.07) is 10.2. The number of carbonyl (C=O) groups excluding carboxylic acids is 2. The second-order valence-corrected chi connectivity index (χ2v) is 10.6. The Morgan fingerprint density at radius 2 is 2.06 bits per heavy atom. The molecular formula is C22H15ClN6O3S3. The van der Waals surface area contributed by atoms with E-state index >= 15 is 0 Å². The number of halogens is 1. The lowest BCUT2D eigenvalue weighted by Crippen LogP contribution is -2.24. The quantitative estimate of drug-likeness (QED) is 0.287. The van der Waals surface area contributed by atoms with Gasteiger partial charge in [-0.2, -0.15) is 9.78 Å². The third-order valence-corrected chi connectivity index (χ3v) is 7.55. The Labute approximate surface area is 215 Å². The van der Waals surface area contributed by atoms with Crippen molar-refractivity contribution in [2.24, 2.45) is 0 Å². The van der Waals surface area contributed by atoms with E-state index in [9.17, 15) is 14.4 Å². The summed E-state index contributed by atoms with van der Waals surface area (Å²) in [5.41, 5.74) is 1.97. The molecule has 0 aromatic carbocycles. The molecule has 0 atom stereocenters. The van der Waals surface area contributed by atoms with Gasteiger partial charge in [0.15, 0.2) is 5.78 Å². The van der Waals surface area contributed by atoms with Crippen molar-refractivity contribution in [2.45, 2.75) is 13.1 Å². The van der Waals surface area contributed by atoms with E-state index in [1.54, 1.807) is 53.6 Å². The van der Waals surface area contributed by atoms with Crippen LogP contribution in [-0.2, 0) is 13.1 Å². The second-order valence-electron chi connectivity index (χ2n) is 7.22. The largest absolute Gasteiger partial charge is 0.365 e. The number of nitrogens with zero attached hydrogens (tertiary/aromatic N) is 5. The number of thiophene rings is 1. The van der Waals surface area contributed by atoms with Crippen LogP contribution in [0.4, 0.5) is 5.82 Å². The lowest BCUT2D eigenvalue weighted by Gasteiger charge is -2.06. The van der Waals surface area contributed by atoms with Crippen molar-refractivity contribution >= 4 is 63.3 Å². The van der Waals surface area contributed by atoms with Crippen LogP contribution in [0.3, 0.4) is 0 Å². The monoisotopic (exact) mass is 542 g/mol. The molecule has 35 heavy (non-hydrogen) atoms. The van der Waals surface area contributed by atoms with Crippen LogP contribution in [-0.4, -0.2) is 35.4 Å². The van der Waals surface area contributed by atoms with Gasteiger partial charge in [0.2, 0.25) is 0 Å². The van der Waals surface area contributed by atoms with Crippen molar-refractivity contribution in [1.29, 1.82) is 0 Å². The molecule has 5 aromatic rings. The average molecular weight is 543 g/mol. The molecule has 1 N–H and O–H groups in total. The predicted molar refractivity (Wildman–Crippen MR) is 137 cm³/mol. The summed E-state index contributed by atoms with van der Waals surface area (Å²) in [4.78, 5) is 44.3. The van der Waals surface area contributed by atoms with Gasteiger partial charge in [-0.25, -0.2) is 9.36 Å². The SMILES string of the molecule is O=C(Cn1cccc(-c2cc(NCc3ccc(Cl)s3)n(C(=O)c3cscn3)n2)c1=O)c1ccns1. The third-order valence-electron chi connectivity index (χ3n) is 4.95. The van der Waals surface area contributed by atoms with Gasteiger partial charge in [-0.05, 0) is 41.9 Å². The van der Waals surface area contributed by atoms with Crippen molar-refractivity contribution in [1.82, 2.24) is 23.7 Å². The Morgan fingerprint density at radius 3 is 2.77 bits per heavy atom. The molecule has 0 aliphatic rings. The average Bonchev–Trinajstić information content (AvgIpc) is 3.66. The number of hydrogen-bond donors (Lipinski definition) is 1. The molecule has 0 saturated carbocycles. The Hall–Kier alpha value is -3.45. The molecule has 5 rings (SSSR count). The Morgan fingerprint density at radius 1 is 1.17 bits per heavy atom. The summed E-state index contributed by atoms with van der Waals surface area (Å²) in [6.07, 6.45) is 3.09. The standard InChI is InChI=1S/C22H15ClN6O3S3/c23-19-4-3-13(34-19)9-24-20-8-15(27-29(20)22(32)16-11-33-12-25-16)14-2-1-7-28(21(14)31)10-17(30)18-5-6-26-35-18/h1-8,11-12,24H,9-10H2. The lowest BCUT2D eigenvalue weighted by atomic mass is 10.2. The fourth-order valence-electron chi connectivity index (χ4n) is 3.29. The van der Waals surface area contributed by atoms with E-state index in [-0.39, 0.29) is 23.6 Å². The molecule has 13 heteroatoms. The zero-order chi connectivity index (χ0) is 24.4. The highest BCUT2D eigenvalue weighted by atomic mass is 35.5. The summed E-state index contributed by atoms with van der Waals surface area (Å²) in [5, 5.41) is 9.26. The van der Waals surface area contributed by atoms with Gasteiger partial charge < -0.3 is 9.88 Å². The summed E-state index contributed by atoms with van der Waals surface area (Å²) in [5.74, 6) is -0.244. The van der Waals surface area contributed by atoms with Crippen LogP contribution < -0.4 is 10.9 Å². The zero-order valence-corrected chi connectivity index (χ0v) is 21.0. The Balaban J connectivity index is 1.49. The van der Waals surface area contributed by atoms with Crippen molar-refractivity contribution in [3.63, 3.8) is 0 Å². The summed E-state index contributed by atoms with van der Waals surface area (Å²) in [6.45, 7) is 0.285. The highest BCUT2D eigenvalue weighted by molar-refractivity contribution is 7.16. The molecule has 0 unspecified atom stereocenters. The number of ketones is 1. The van der Waals surface area contributed by atoms with Gasteiger partial charge >= 0.3 is 0 Å². The first-order valence-corrected chi connectivity index (χ1v) is 13.1. The molecule has 0 spiro atoms. The zero-order valence-electron chi connectivity index (χ0n) is 17.8. The topological polar surface area (TPSA) is 112 Å². The smallest absolute Gasteiger partial charge is 0.299 e. The minimum Gasteiger partial charge on any atom is -0.365 e. The first-order chi connectivity index (χ1) is 17.0. The molecule has 0 fully saturated rings. The molecule has 176 valence electrons. The van der Waals surface area contributed by atoms with Crippen LogP contribution in [0.1, 0.15) is 25.0 Å². The molecule has 0 aliphatic heterocycles. The Bertz CT molecular complexity index is 1550. The first-order valence-electron chi connectivity index (χ1n) is 10.1. The number of nitrogens with one attached hydrogen (secondary N) is 1. The van der Waals surface area contributed by atoms with E-state index in [1.165, 1.54) is 31.9 Å². The highest BCUT2D eigenvalue weighted by Gasteiger charge is 2.21. The van der Waals surface area contributed by atoms with Gasteiger partial charge in [-0.3, -0.25) is 14.4 Å². The maximum absolute atomic E-state index is 13.2. The molecule has 0 aliphatic carbocycles. The number of carbonyl (C=O) groups is 2. The minimum absolute atomic E-state index is 0.127. The van der Waals surface area contributed by atoms with Gasteiger partial charge in [-0.1, -0.05) is 11.6 Å². The first kappa shape index (κ1) is 23.3. The minimum atomic E-state index is -0.430. The Kier molecular flexibility index (Phi) is 6.68. The number of pyridine rings is 1. The number of thiazole rings is 1. The van der Waals surface area contributed by atoms with Gasteiger partial charge in [0.05, 0.1) is 33.4 Å². The van der Waals surface area contributed by atoms with E-state index in [2.05, 4.69) is 19.8 Å². The summed E-state index contributed by atoms with van der Waals surface area (Å²) in [7, 11) is 0. The number of aromatic nitrogens is 5. The molecule has 0 amide bonds. The van der Waals surface area contributed by atoms with E-state index in [1.807, 2.05) is 6.07 Å². The van der Waals surface area contributed by atoms with Crippen molar-refractivity contribution in [3.8, 4) is 11.3 Å². The maximum atomic E-state index is 13.2. The van der Waals surface area contributed by atoms with E-state index in [0.29, 0.717) is 27.3 Å². The van der Waals surface area contributed by atoms with Crippen LogP contribution in [0.25, 0.3) is 11.3 Å². The number of anilines is 1. The van der Waals surface area contributed by atoms with Crippen molar-refractivity contribution in [2.75, 3.05) is 5.32 Å². The molecule has 9 nitrogen and oxygen atoms in total. The number of rotatable bonds is 8. The van der Waals surface area contributed by atoms with E-state index < -0.39 is 11.5 Å². The van der Waals surface area contributed by atoms with Crippen molar-refractivity contribution < 1.29 is 9.59 Å². The summed E-state index contributed by atoms with van der Waals surface area (Å²) >= 11 is 9.82. The maximum Gasteiger partial charge on any atom is 0.299 e. The third kappa shape index (κ3) is 5.00. The van der Waals surface area contributed by atoms with Crippen LogP contribution >= 0.6 is 45.8 Å². The predicted octanol–water partition coefficient (Wildman–Crippen LogP) is 4.52. The van der Waals surface area contributed by atoms with E-state index in [0.717, 1.165) is 16.4 Å². The van der Waals surface area contributed by atoms with Crippen LogP contribution in [0.15, 0.2) is 64.5 Å². The molecule has 0 saturated heterocycles. The molecular weight excluding hydrogens is 528 g/mol. The van der Waals surface area contributed by atoms with Gasteiger partial charge in [-0.15, -0.1) is 22.7 Å². The molecule has 5 aromatic heterocycles. The molecule has 0 radical (unpaired) electrons. The fraction of sp³-hybridized carbons (Fsp3) is 0.0909. The van der Waals surface area contributed by atoms with E-state index in [4.69, 9.17) is 11.6 Å². The van der Waals surface area contributed by atoms with Crippen LogP contribution in [0.5, 0.6) is 0 Å². The molecule has 5 heterocycles. The number of Topliss-reactive ketones (excluding diaryl/α,β-unsaturated/α-hetero) is 1. The lowest BCUT2D eigenvalue weighted by molar-refractivity contribution is 0.0942. The summed E-state index contributed by atoms with van der Waals surface area (Å²) < 4.78 is 7.11. The van der Waals surface area contributed by atoms with Gasteiger partial charge in [0.1, 0.15) is 17.2 Å². The second kappa shape index (κ2) is 10.0. The van der Waals surface area contributed by atoms with Gasteiger partial charge in [0, 0.05) is 28.7 Å². The normalized spacial score (nSPS) is 11.0. The van der Waals surface area contributed by atoms with Crippen LogP contribution in [0.2, 0.25) is 4.34 Å². The fourth-order valence-corrected chi connectivity index (χ4v) is 5.37. The van der Waals surface area contributed by atoms with Crippen LogP contribution in [0, 0.1) is 0 Å². The highest BCUT2D eigenvalue weighted by Crippen LogP contribution is 2.25.